The molecule has 0 fully saturated rings. The van der Waals surface area contributed by atoms with Gasteiger partial charge in [0.05, 0.1) is 12.1 Å². The summed E-state index contributed by atoms with van der Waals surface area (Å²) in [5.74, 6) is 1.54. The van der Waals surface area contributed by atoms with Crippen molar-refractivity contribution in [2.24, 2.45) is 0 Å². The Bertz CT molecular complexity index is 1170. The molecule has 0 unspecified atom stereocenters. The largest absolute Gasteiger partial charge is 0.497 e. The normalized spacial score (nSPS) is 11.0. The van der Waals surface area contributed by atoms with Crippen molar-refractivity contribution in [1.29, 1.82) is 0 Å². The Morgan fingerprint density at radius 1 is 1.29 bits per heavy atom. The summed E-state index contributed by atoms with van der Waals surface area (Å²) in [5, 5.41) is 16.2. The second kappa shape index (κ2) is 7.32. The van der Waals surface area contributed by atoms with Crippen LogP contribution in [-0.4, -0.2) is 33.2 Å². The highest BCUT2D eigenvalue weighted by Crippen LogP contribution is 2.30. The van der Waals surface area contributed by atoms with E-state index in [4.69, 9.17) is 20.8 Å². The van der Waals surface area contributed by atoms with Gasteiger partial charge in [0, 0.05) is 16.6 Å². The molecule has 1 amide bonds. The van der Waals surface area contributed by atoms with Crippen molar-refractivity contribution in [2.75, 3.05) is 12.4 Å². The number of aromatic nitrogens is 4. The minimum atomic E-state index is -0.301. The number of amides is 1. The van der Waals surface area contributed by atoms with E-state index in [1.807, 2.05) is 31.2 Å². The fourth-order valence-corrected chi connectivity index (χ4v) is 3.09. The van der Waals surface area contributed by atoms with Crippen molar-refractivity contribution in [2.45, 2.75) is 13.5 Å². The van der Waals surface area contributed by atoms with Gasteiger partial charge in [-0.1, -0.05) is 23.7 Å². The van der Waals surface area contributed by atoms with Gasteiger partial charge in [-0.25, -0.2) is 0 Å². The number of carbonyl (C=O) groups excluding carboxylic acids is 1. The molecule has 0 aliphatic carbocycles. The minimum absolute atomic E-state index is 0.0863. The lowest BCUT2D eigenvalue weighted by Gasteiger charge is -2.05. The molecule has 0 aliphatic rings. The second-order valence-corrected chi connectivity index (χ2v) is 6.56. The zero-order valence-electron chi connectivity index (χ0n) is 15.1. The molecule has 2 aromatic carbocycles. The number of halogens is 1. The second-order valence-electron chi connectivity index (χ2n) is 6.16. The van der Waals surface area contributed by atoms with E-state index in [1.54, 1.807) is 25.3 Å². The van der Waals surface area contributed by atoms with E-state index >= 15 is 0 Å². The van der Waals surface area contributed by atoms with E-state index in [1.165, 1.54) is 4.80 Å². The highest BCUT2D eigenvalue weighted by Gasteiger charge is 2.12. The first-order chi connectivity index (χ1) is 13.5. The maximum absolute atomic E-state index is 12.4. The number of tetrazole rings is 1. The Balaban J connectivity index is 1.48. The average molecular weight is 398 g/mol. The number of nitrogens with one attached hydrogen (secondary N) is 1. The molecule has 0 aliphatic heterocycles. The molecule has 8 nitrogen and oxygen atoms in total. The molecule has 0 atom stereocenters. The number of furan rings is 1. The zero-order valence-corrected chi connectivity index (χ0v) is 15.9. The number of anilines is 1. The van der Waals surface area contributed by atoms with Crippen LogP contribution in [0, 0.1) is 6.92 Å². The monoisotopic (exact) mass is 397 g/mol. The smallest absolute Gasteiger partial charge is 0.248 e. The predicted molar refractivity (Wildman–Crippen MR) is 104 cm³/mol. The van der Waals surface area contributed by atoms with Gasteiger partial charge in [-0.05, 0) is 42.5 Å². The van der Waals surface area contributed by atoms with Crippen LogP contribution in [0.25, 0.3) is 22.4 Å². The van der Waals surface area contributed by atoms with Crippen LogP contribution in [0.15, 0.2) is 46.9 Å². The third kappa shape index (κ3) is 3.67. The molecule has 142 valence electrons. The number of hydrogen-bond acceptors (Lipinski definition) is 6. The standard InChI is InChI=1S/C19H16ClN5O3/c1-11-6-13-7-14(9-16(20)18(13)28-11)21-17(26)10-25-23-19(22-24-25)12-4-3-5-15(8-12)27-2/h3-9H,10H2,1-2H3,(H,21,26). The number of rotatable bonds is 5. The third-order valence-electron chi connectivity index (χ3n) is 4.04. The lowest BCUT2D eigenvalue weighted by Crippen LogP contribution is -2.20. The van der Waals surface area contributed by atoms with Crippen LogP contribution in [0.3, 0.4) is 0 Å². The van der Waals surface area contributed by atoms with Crippen LogP contribution in [-0.2, 0) is 11.3 Å². The number of carbonyl (C=O) groups is 1. The van der Waals surface area contributed by atoms with Crippen LogP contribution < -0.4 is 10.1 Å². The number of aryl methyl sites for hydroxylation is 1. The zero-order chi connectivity index (χ0) is 19.7. The summed E-state index contributed by atoms with van der Waals surface area (Å²) in [6.45, 7) is 1.75. The fourth-order valence-electron chi connectivity index (χ4n) is 2.83. The average Bonchev–Trinajstić information content (AvgIpc) is 3.28. The van der Waals surface area contributed by atoms with Crippen LogP contribution in [0.4, 0.5) is 5.69 Å². The number of benzene rings is 2. The van der Waals surface area contributed by atoms with Crippen LogP contribution in [0.2, 0.25) is 5.02 Å². The van der Waals surface area contributed by atoms with Gasteiger partial charge in [0.25, 0.3) is 0 Å². The quantitative estimate of drug-likeness (QED) is 0.551. The summed E-state index contributed by atoms with van der Waals surface area (Å²) in [4.78, 5) is 13.6. The van der Waals surface area contributed by atoms with Crippen LogP contribution in [0.1, 0.15) is 5.76 Å². The summed E-state index contributed by atoms with van der Waals surface area (Å²) in [7, 11) is 1.59. The van der Waals surface area contributed by atoms with Crippen LogP contribution >= 0.6 is 11.6 Å². The van der Waals surface area contributed by atoms with E-state index in [9.17, 15) is 4.79 Å². The first kappa shape index (κ1) is 18.0. The van der Waals surface area contributed by atoms with Crippen LogP contribution in [0.5, 0.6) is 5.75 Å². The van der Waals surface area contributed by atoms with Gasteiger partial charge in [0.1, 0.15) is 18.1 Å². The van der Waals surface area contributed by atoms with Crippen molar-refractivity contribution >= 4 is 34.2 Å². The number of nitrogens with zero attached hydrogens (tertiary/aromatic N) is 4. The van der Waals surface area contributed by atoms with E-state index in [2.05, 4.69) is 20.7 Å². The molecule has 0 saturated carbocycles. The molecular formula is C19H16ClN5O3. The van der Waals surface area contributed by atoms with Crippen molar-refractivity contribution in [3.63, 3.8) is 0 Å². The van der Waals surface area contributed by atoms with Crippen molar-refractivity contribution in [1.82, 2.24) is 20.2 Å². The molecule has 9 heteroatoms. The van der Waals surface area contributed by atoms with Gasteiger partial charge in [-0.3, -0.25) is 4.79 Å². The van der Waals surface area contributed by atoms with Crippen molar-refractivity contribution < 1.29 is 13.9 Å². The van der Waals surface area contributed by atoms with Gasteiger partial charge in [0.15, 0.2) is 5.58 Å². The maximum atomic E-state index is 12.4. The molecule has 0 saturated heterocycles. The molecule has 4 rings (SSSR count). The highest BCUT2D eigenvalue weighted by atomic mass is 35.5. The van der Waals surface area contributed by atoms with Crippen molar-refractivity contribution in [3.8, 4) is 17.1 Å². The van der Waals surface area contributed by atoms with E-state index in [0.29, 0.717) is 27.9 Å². The molecule has 0 bridgehead atoms. The number of fused-ring (bicyclic) bond motifs is 1. The summed E-state index contributed by atoms with van der Waals surface area (Å²) >= 11 is 6.22. The summed E-state index contributed by atoms with van der Waals surface area (Å²) in [6.07, 6.45) is 0. The lowest BCUT2D eigenvalue weighted by atomic mass is 10.2. The molecule has 2 heterocycles. The number of methoxy groups -OCH3 is 1. The molecule has 0 spiro atoms. The fraction of sp³-hybridized carbons (Fsp3) is 0.158. The highest BCUT2D eigenvalue weighted by molar-refractivity contribution is 6.35. The van der Waals surface area contributed by atoms with E-state index in [-0.39, 0.29) is 12.5 Å². The molecule has 4 aromatic rings. The van der Waals surface area contributed by atoms with Crippen molar-refractivity contribution in [3.05, 3.63) is 53.2 Å². The predicted octanol–water partition coefficient (Wildman–Crippen LogP) is 3.70. The van der Waals surface area contributed by atoms with Gasteiger partial charge in [-0.15, -0.1) is 10.2 Å². The van der Waals surface area contributed by atoms with Gasteiger partial charge >= 0.3 is 0 Å². The Hall–Kier alpha value is -3.39. The van der Waals surface area contributed by atoms with Gasteiger partial charge < -0.3 is 14.5 Å². The van der Waals surface area contributed by atoms with E-state index < -0.39 is 0 Å². The summed E-state index contributed by atoms with van der Waals surface area (Å²) in [6, 6.07) is 12.6. The Morgan fingerprint density at radius 3 is 2.96 bits per heavy atom. The topological polar surface area (TPSA) is 95.1 Å². The maximum Gasteiger partial charge on any atom is 0.248 e. The number of hydrogen-bond donors (Lipinski definition) is 1. The first-order valence-electron chi connectivity index (χ1n) is 8.43. The molecule has 0 radical (unpaired) electrons. The Morgan fingerprint density at radius 2 is 2.14 bits per heavy atom. The third-order valence-corrected chi connectivity index (χ3v) is 4.32. The first-order valence-corrected chi connectivity index (χ1v) is 8.81. The number of ether oxygens (including phenoxy) is 1. The SMILES string of the molecule is COc1cccc(-c2nnn(CC(=O)Nc3cc(Cl)c4oc(C)cc4c3)n2)c1. The summed E-state index contributed by atoms with van der Waals surface area (Å²) < 4.78 is 10.7. The molecule has 2 aromatic heterocycles. The molecular weight excluding hydrogens is 382 g/mol. The van der Waals surface area contributed by atoms with Gasteiger partial charge in [0.2, 0.25) is 11.7 Å². The van der Waals surface area contributed by atoms with E-state index in [0.717, 1.165) is 16.7 Å². The van der Waals surface area contributed by atoms with Gasteiger partial charge in [-0.2, -0.15) is 4.80 Å². The lowest BCUT2D eigenvalue weighted by molar-refractivity contribution is -0.117. The Labute approximate surface area is 165 Å². The molecule has 1 N–H and O–H groups in total. The summed E-state index contributed by atoms with van der Waals surface area (Å²) in [5.41, 5.74) is 1.91. The minimum Gasteiger partial charge on any atom is -0.497 e. The Kier molecular flexibility index (Phi) is 4.70. The molecule has 28 heavy (non-hydrogen) atoms.